The first-order chi connectivity index (χ1) is 10.6. The van der Waals surface area contributed by atoms with E-state index in [9.17, 15) is 0 Å². The van der Waals surface area contributed by atoms with Crippen LogP contribution in [0.4, 0.5) is 0 Å². The number of hydrogen-bond acceptors (Lipinski definition) is 4. The van der Waals surface area contributed by atoms with Gasteiger partial charge in [-0.2, -0.15) is 0 Å². The molecule has 22 heavy (non-hydrogen) atoms. The van der Waals surface area contributed by atoms with Gasteiger partial charge in [0.15, 0.2) is 0 Å². The number of furan rings is 2. The van der Waals surface area contributed by atoms with E-state index in [0.717, 1.165) is 33.8 Å². The minimum atomic E-state index is 0.641. The first kappa shape index (κ1) is 14.4. The van der Waals surface area contributed by atoms with Gasteiger partial charge in [0.05, 0.1) is 11.3 Å². The Morgan fingerprint density at radius 1 is 1.14 bits per heavy atom. The van der Waals surface area contributed by atoms with Gasteiger partial charge < -0.3 is 14.0 Å². The third-order valence-corrected chi connectivity index (χ3v) is 3.79. The average Bonchev–Trinajstić information content (AvgIpc) is 3.07. The number of oxime groups is 1. The topological polar surface area (TPSA) is 58.9 Å². The highest BCUT2D eigenvalue weighted by molar-refractivity contribution is 5.95. The lowest BCUT2D eigenvalue weighted by Crippen LogP contribution is -1.95. The summed E-state index contributed by atoms with van der Waals surface area (Å²) < 4.78 is 11.8. The van der Waals surface area contributed by atoms with E-state index < -0.39 is 0 Å². The van der Waals surface area contributed by atoms with Gasteiger partial charge in [-0.25, -0.2) is 0 Å². The Hall–Kier alpha value is -2.49. The monoisotopic (exact) mass is 297 g/mol. The van der Waals surface area contributed by atoms with Crippen LogP contribution >= 0.6 is 0 Å². The lowest BCUT2D eigenvalue weighted by molar-refractivity contribution is 0.317. The standard InChI is InChI=1S/C18H19NO3/c1-11-4-7-15-14(10-11)18(16-9-6-13(3)21-16)17(22-15)8-5-12(2)19-20/h4,6-7,9-10,20H,5,8H2,1-3H3/b19-12+. The van der Waals surface area contributed by atoms with Crippen molar-refractivity contribution in [3.8, 4) is 11.3 Å². The van der Waals surface area contributed by atoms with Crippen molar-refractivity contribution in [1.82, 2.24) is 0 Å². The van der Waals surface area contributed by atoms with Crippen LogP contribution in [0.1, 0.15) is 30.4 Å². The molecule has 0 atom stereocenters. The zero-order chi connectivity index (χ0) is 15.7. The van der Waals surface area contributed by atoms with Crippen LogP contribution in [-0.4, -0.2) is 10.9 Å². The summed E-state index contributed by atoms with van der Waals surface area (Å²) in [5, 5.41) is 13.1. The number of benzene rings is 1. The molecule has 2 aromatic heterocycles. The molecule has 0 saturated heterocycles. The highest BCUT2D eigenvalue weighted by atomic mass is 16.4. The molecule has 3 aromatic rings. The Balaban J connectivity index is 2.13. The minimum Gasteiger partial charge on any atom is -0.461 e. The summed E-state index contributed by atoms with van der Waals surface area (Å²) in [6, 6.07) is 10.1. The van der Waals surface area contributed by atoms with Crippen LogP contribution in [0.25, 0.3) is 22.3 Å². The molecule has 0 unspecified atom stereocenters. The van der Waals surface area contributed by atoms with Gasteiger partial charge >= 0.3 is 0 Å². The fraction of sp³-hybridized carbons (Fsp3) is 0.278. The maximum Gasteiger partial charge on any atom is 0.138 e. The first-order valence-corrected chi connectivity index (χ1v) is 7.35. The Morgan fingerprint density at radius 3 is 2.64 bits per heavy atom. The van der Waals surface area contributed by atoms with Crippen molar-refractivity contribution in [2.75, 3.05) is 0 Å². The van der Waals surface area contributed by atoms with Gasteiger partial charge in [0, 0.05) is 11.8 Å². The number of rotatable bonds is 4. The van der Waals surface area contributed by atoms with Crippen molar-refractivity contribution in [2.24, 2.45) is 5.16 Å². The zero-order valence-electron chi connectivity index (χ0n) is 13.0. The first-order valence-electron chi connectivity index (χ1n) is 7.35. The molecule has 4 nitrogen and oxygen atoms in total. The fourth-order valence-corrected chi connectivity index (χ4v) is 2.62. The Morgan fingerprint density at radius 2 is 1.95 bits per heavy atom. The van der Waals surface area contributed by atoms with Gasteiger partial charge in [0.1, 0.15) is 22.9 Å². The van der Waals surface area contributed by atoms with Gasteiger partial charge in [-0.05, 0) is 51.5 Å². The molecular formula is C18H19NO3. The normalized spacial score (nSPS) is 12.2. The summed E-state index contributed by atoms with van der Waals surface area (Å²) in [4.78, 5) is 0. The lowest BCUT2D eigenvalue weighted by Gasteiger charge is -2.01. The number of aryl methyl sites for hydroxylation is 3. The van der Waals surface area contributed by atoms with Crippen molar-refractivity contribution in [1.29, 1.82) is 0 Å². The SMILES string of the molecule is C/C(CCc1oc2ccc(C)cc2c1-c1ccc(C)o1)=N\O. The Kier molecular flexibility index (Phi) is 3.75. The van der Waals surface area contributed by atoms with E-state index in [4.69, 9.17) is 14.0 Å². The van der Waals surface area contributed by atoms with E-state index in [1.54, 1.807) is 6.92 Å². The summed E-state index contributed by atoms with van der Waals surface area (Å²) >= 11 is 0. The van der Waals surface area contributed by atoms with Gasteiger partial charge in [0.25, 0.3) is 0 Å². The molecule has 3 rings (SSSR count). The van der Waals surface area contributed by atoms with Crippen LogP contribution in [0.3, 0.4) is 0 Å². The van der Waals surface area contributed by atoms with E-state index >= 15 is 0 Å². The van der Waals surface area contributed by atoms with Gasteiger partial charge in [-0.1, -0.05) is 16.8 Å². The van der Waals surface area contributed by atoms with Crippen molar-refractivity contribution in [3.63, 3.8) is 0 Å². The van der Waals surface area contributed by atoms with E-state index in [-0.39, 0.29) is 0 Å². The lowest BCUT2D eigenvalue weighted by atomic mass is 10.0. The highest BCUT2D eigenvalue weighted by Gasteiger charge is 2.18. The predicted octanol–water partition coefficient (Wildman–Crippen LogP) is 5.09. The smallest absolute Gasteiger partial charge is 0.138 e. The second kappa shape index (κ2) is 5.72. The van der Waals surface area contributed by atoms with Crippen LogP contribution in [0.15, 0.2) is 44.3 Å². The number of fused-ring (bicyclic) bond motifs is 1. The van der Waals surface area contributed by atoms with E-state index in [2.05, 4.69) is 18.1 Å². The Labute approximate surface area is 129 Å². The summed E-state index contributed by atoms with van der Waals surface area (Å²) in [6.07, 6.45) is 1.31. The molecule has 0 spiro atoms. The summed E-state index contributed by atoms with van der Waals surface area (Å²) in [5.41, 5.74) is 3.71. The Bertz CT molecular complexity index is 839. The van der Waals surface area contributed by atoms with Crippen LogP contribution in [-0.2, 0) is 6.42 Å². The van der Waals surface area contributed by atoms with Crippen LogP contribution < -0.4 is 0 Å². The molecule has 0 aliphatic rings. The second-order valence-corrected chi connectivity index (χ2v) is 5.65. The molecule has 114 valence electrons. The van der Waals surface area contributed by atoms with Gasteiger partial charge in [-0.3, -0.25) is 0 Å². The fourth-order valence-electron chi connectivity index (χ4n) is 2.62. The largest absolute Gasteiger partial charge is 0.461 e. The maximum atomic E-state index is 8.82. The predicted molar refractivity (Wildman–Crippen MR) is 86.6 cm³/mol. The number of hydrogen-bond donors (Lipinski definition) is 1. The summed E-state index contributed by atoms with van der Waals surface area (Å²) in [7, 11) is 0. The molecule has 0 bridgehead atoms. The van der Waals surface area contributed by atoms with Crippen LogP contribution in [0.2, 0.25) is 0 Å². The molecule has 0 aliphatic heterocycles. The molecule has 0 amide bonds. The summed E-state index contributed by atoms with van der Waals surface area (Å²) in [6.45, 7) is 5.79. The van der Waals surface area contributed by atoms with Crippen LogP contribution in [0, 0.1) is 13.8 Å². The molecule has 0 radical (unpaired) electrons. The second-order valence-electron chi connectivity index (χ2n) is 5.65. The highest BCUT2D eigenvalue weighted by Crippen LogP contribution is 2.37. The van der Waals surface area contributed by atoms with Crippen molar-refractivity contribution in [2.45, 2.75) is 33.6 Å². The molecule has 1 aromatic carbocycles. The van der Waals surface area contributed by atoms with Crippen molar-refractivity contribution >= 4 is 16.7 Å². The minimum absolute atomic E-state index is 0.641. The van der Waals surface area contributed by atoms with Crippen molar-refractivity contribution in [3.05, 3.63) is 47.4 Å². The van der Waals surface area contributed by atoms with E-state index in [0.29, 0.717) is 18.6 Å². The maximum absolute atomic E-state index is 8.82. The number of nitrogens with zero attached hydrogens (tertiary/aromatic N) is 1. The molecule has 0 fully saturated rings. The van der Waals surface area contributed by atoms with Crippen LogP contribution in [0.5, 0.6) is 0 Å². The molecule has 2 heterocycles. The molecule has 4 heteroatoms. The molecular weight excluding hydrogens is 278 g/mol. The zero-order valence-corrected chi connectivity index (χ0v) is 13.0. The van der Waals surface area contributed by atoms with Gasteiger partial charge in [-0.15, -0.1) is 0 Å². The van der Waals surface area contributed by atoms with Gasteiger partial charge in [0.2, 0.25) is 0 Å². The van der Waals surface area contributed by atoms with E-state index in [1.807, 2.05) is 31.2 Å². The summed E-state index contributed by atoms with van der Waals surface area (Å²) in [5.74, 6) is 2.55. The molecule has 0 aliphatic carbocycles. The molecule has 1 N–H and O–H groups in total. The third-order valence-electron chi connectivity index (χ3n) is 3.79. The average molecular weight is 297 g/mol. The van der Waals surface area contributed by atoms with E-state index in [1.165, 1.54) is 5.56 Å². The van der Waals surface area contributed by atoms with Crippen molar-refractivity contribution < 1.29 is 14.0 Å². The third kappa shape index (κ3) is 2.64. The quantitative estimate of drug-likeness (QED) is 0.414. The molecule has 0 saturated carbocycles.